The van der Waals surface area contributed by atoms with Crippen molar-refractivity contribution in [2.24, 2.45) is 0 Å². The molecule has 1 fully saturated rings. The van der Waals surface area contributed by atoms with Gasteiger partial charge in [0.05, 0.1) is 0 Å². The van der Waals surface area contributed by atoms with Crippen LogP contribution in [0.3, 0.4) is 0 Å². The fourth-order valence-corrected chi connectivity index (χ4v) is 1.41. The van der Waals surface area contributed by atoms with Crippen molar-refractivity contribution in [3.8, 4) is 0 Å². The summed E-state index contributed by atoms with van der Waals surface area (Å²) < 4.78 is 26.3. The number of rotatable bonds is 0. The molecule has 1 heterocycles. The molecule has 5 heteroatoms. The van der Waals surface area contributed by atoms with Crippen LogP contribution in [0.4, 0.5) is 0 Å². The summed E-state index contributed by atoms with van der Waals surface area (Å²) in [5.41, 5.74) is 0. The molecule has 0 aliphatic carbocycles. The van der Waals surface area contributed by atoms with Crippen LogP contribution in [0.2, 0.25) is 0 Å². The van der Waals surface area contributed by atoms with Crippen LogP contribution in [0.5, 0.6) is 0 Å². The number of hydrogen-bond acceptors (Lipinski definition) is 4. The molecule has 0 saturated carbocycles. The van der Waals surface area contributed by atoms with E-state index < -0.39 is 17.3 Å². The van der Waals surface area contributed by atoms with E-state index in [1.54, 1.807) is 6.92 Å². The van der Waals surface area contributed by atoms with Gasteiger partial charge in [0.15, 0.2) is 0 Å². The quantitative estimate of drug-likeness (QED) is 0.552. The molecular weight excluding hydrogens is 144 g/mol. The highest BCUT2D eigenvalue weighted by Crippen LogP contribution is 2.51. The average molecular weight is 152 g/mol. The summed E-state index contributed by atoms with van der Waals surface area (Å²) in [6.07, 6.45) is -0.421. The number of hydrogen-bond donors (Lipinski definition) is 2. The molecule has 1 aliphatic heterocycles. The fraction of sp³-hybridized carbons (Fsp3) is 0.500. The first-order valence-corrected chi connectivity index (χ1v) is 3.75. The maximum Gasteiger partial charge on any atom is 0.269 e. The molecule has 0 spiro atoms. The summed E-state index contributed by atoms with van der Waals surface area (Å²) >= 11 is -3.24. The summed E-state index contributed by atoms with van der Waals surface area (Å²) in [5.74, 6) is 0.259. The SMILES string of the molecule is C=C1OS(O)(O)O[C@@H]1C. The van der Waals surface area contributed by atoms with Crippen molar-refractivity contribution in [1.29, 1.82) is 0 Å². The summed E-state index contributed by atoms with van der Waals surface area (Å²) in [4.78, 5) is 0. The predicted octanol–water partition coefficient (Wildman–Crippen LogP) is 1.52. The molecule has 1 aliphatic rings. The minimum Gasteiger partial charge on any atom is -0.385 e. The van der Waals surface area contributed by atoms with Crippen molar-refractivity contribution in [3.63, 3.8) is 0 Å². The van der Waals surface area contributed by atoms with Gasteiger partial charge in [0.2, 0.25) is 0 Å². The van der Waals surface area contributed by atoms with Gasteiger partial charge in [0, 0.05) is 0 Å². The van der Waals surface area contributed by atoms with Gasteiger partial charge in [-0.05, 0) is 6.92 Å². The van der Waals surface area contributed by atoms with Gasteiger partial charge in [-0.2, -0.15) is 0 Å². The van der Waals surface area contributed by atoms with Crippen LogP contribution in [0.15, 0.2) is 12.3 Å². The normalized spacial score (nSPS) is 35.9. The summed E-state index contributed by atoms with van der Waals surface area (Å²) in [6, 6.07) is 0. The highest BCUT2D eigenvalue weighted by molar-refractivity contribution is 8.16. The van der Waals surface area contributed by atoms with Gasteiger partial charge in [-0.1, -0.05) is 6.58 Å². The third-order valence-electron chi connectivity index (χ3n) is 0.939. The topological polar surface area (TPSA) is 58.9 Å². The van der Waals surface area contributed by atoms with Crippen molar-refractivity contribution >= 4 is 11.2 Å². The molecule has 0 bridgehead atoms. The van der Waals surface area contributed by atoms with E-state index in [9.17, 15) is 0 Å². The molecule has 1 saturated heterocycles. The lowest BCUT2D eigenvalue weighted by molar-refractivity contribution is 0.237. The van der Waals surface area contributed by atoms with E-state index in [-0.39, 0.29) is 5.76 Å². The average Bonchev–Trinajstić information content (AvgIpc) is 1.79. The lowest BCUT2D eigenvalue weighted by atomic mass is 10.4. The lowest BCUT2D eigenvalue weighted by Crippen LogP contribution is -1.99. The van der Waals surface area contributed by atoms with Crippen LogP contribution in [-0.2, 0) is 8.37 Å². The van der Waals surface area contributed by atoms with Crippen LogP contribution < -0.4 is 0 Å². The molecule has 0 amide bonds. The third-order valence-corrected chi connectivity index (χ3v) is 1.91. The molecule has 0 aromatic carbocycles. The molecule has 4 nitrogen and oxygen atoms in total. The second-order valence-corrected chi connectivity index (χ2v) is 2.99. The highest BCUT2D eigenvalue weighted by atomic mass is 32.3. The van der Waals surface area contributed by atoms with Crippen LogP contribution in [0.25, 0.3) is 0 Å². The van der Waals surface area contributed by atoms with Gasteiger partial charge in [-0.3, -0.25) is 13.3 Å². The Morgan fingerprint density at radius 3 is 2.33 bits per heavy atom. The first-order chi connectivity index (χ1) is 4.01. The predicted molar refractivity (Wildman–Crippen MR) is 33.6 cm³/mol. The Hall–Kier alpha value is -0.230. The van der Waals surface area contributed by atoms with E-state index >= 15 is 0 Å². The van der Waals surface area contributed by atoms with Crippen molar-refractivity contribution < 1.29 is 17.5 Å². The summed E-state index contributed by atoms with van der Waals surface area (Å²) in [6.45, 7) is 5.01. The van der Waals surface area contributed by atoms with Crippen molar-refractivity contribution in [3.05, 3.63) is 12.3 Å². The Labute approximate surface area is 54.8 Å². The van der Waals surface area contributed by atoms with Crippen LogP contribution in [-0.4, -0.2) is 15.2 Å². The molecule has 54 valence electrons. The molecule has 2 N–H and O–H groups in total. The first kappa shape index (κ1) is 6.88. The molecule has 1 rings (SSSR count). The van der Waals surface area contributed by atoms with Gasteiger partial charge in [0.1, 0.15) is 11.9 Å². The lowest BCUT2D eigenvalue weighted by Gasteiger charge is -2.15. The van der Waals surface area contributed by atoms with Crippen molar-refractivity contribution in [2.75, 3.05) is 0 Å². The van der Waals surface area contributed by atoms with Crippen molar-refractivity contribution in [1.82, 2.24) is 0 Å². The second-order valence-electron chi connectivity index (χ2n) is 1.74. The van der Waals surface area contributed by atoms with Crippen LogP contribution in [0, 0.1) is 0 Å². The van der Waals surface area contributed by atoms with Gasteiger partial charge >= 0.3 is 0 Å². The van der Waals surface area contributed by atoms with E-state index in [0.717, 1.165) is 0 Å². The van der Waals surface area contributed by atoms with Gasteiger partial charge < -0.3 is 4.18 Å². The van der Waals surface area contributed by atoms with E-state index in [1.807, 2.05) is 0 Å². The summed E-state index contributed by atoms with van der Waals surface area (Å²) in [5, 5.41) is 0. The Bertz CT molecular complexity index is 144. The molecule has 1 atom stereocenters. The van der Waals surface area contributed by atoms with E-state index in [2.05, 4.69) is 14.9 Å². The third kappa shape index (κ3) is 1.36. The van der Waals surface area contributed by atoms with Crippen LogP contribution in [0.1, 0.15) is 6.92 Å². The first-order valence-electron chi connectivity index (χ1n) is 2.36. The Morgan fingerprint density at radius 2 is 2.22 bits per heavy atom. The highest BCUT2D eigenvalue weighted by Gasteiger charge is 2.35. The molecule has 0 unspecified atom stereocenters. The molecule has 0 aromatic heterocycles. The minimum atomic E-state index is -3.24. The Morgan fingerprint density at radius 1 is 1.67 bits per heavy atom. The Kier molecular flexibility index (Phi) is 1.44. The minimum absolute atomic E-state index is 0.259. The monoisotopic (exact) mass is 152 g/mol. The molecule has 0 aromatic rings. The molecule has 9 heavy (non-hydrogen) atoms. The van der Waals surface area contributed by atoms with E-state index in [0.29, 0.717) is 0 Å². The maximum absolute atomic E-state index is 8.67. The van der Waals surface area contributed by atoms with E-state index in [1.165, 1.54) is 0 Å². The molecular formula is C4H8O4S. The van der Waals surface area contributed by atoms with Gasteiger partial charge in [-0.15, -0.1) is 0 Å². The smallest absolute Gasteiger partial charge is 0.269 e. The maximum atomic E-state index is 8.67. The standard InChI is InChI=1S/C4H8O4S/c1-3-4(2)8-9(5,6)7-3/h4-6H,1H2,2H3/t4-/m1/s1. The van der Waals surface area contributed by atoms with E-state index in [4.69, 9.17) is 9.11 Å². The molecule has 0 radical (unpaired) electrons. The van der Waals surface area contributed by atoms with Crippen LogP contribution >= 0.6 is 11.2 Å². The largest absolute Gasteiger partial charge is 0.385 e. The zero-order valence-corrected chi connectivity index (χ0v) is 5.72. The Balaban J connectivity index is 2.65. The van der Waals surface area contributed by atoms with Gasteiger partial charge in [-0.25, -0.2) is 0 Å². The zero-order chi connectivity index (χ0) is 7.07. The summed E-state index contributed by atoms with van der Waals surface area (Å²) in [7, 11) is 0. The fourth-order valence-electron chi connectivity index (χ4n) is 0.469. The zero-order valence-electron chi connectivity index (χ0n) is 4.90. The second kappa shape index (κ2) is 1.88. The van der Waals surface area contributed by atoms with Crippen molar-refractivity contribution in [2.45, 2.75) is 13.0 Å². The van der Waals surface area contributed by atoms with Gasteiger partial charge in [0.25, 0.3) is 11.2 Å².